The maximum Gasteiger partial charge on any atom is 0.352 e. The van der Waals surface area contributed by atoms with E-state index in [1.807, 2.05) is 0 Å². The lowest BCUT2D eigenvalue weighted by Gasteiger charge is -2.49. The number of Topliss-reactive ketones (excluding diaryl/α,β-unsaturated/α-hetero) is 1. The van der Waals surface area contributed by atoms with Gasteiger partial charge in [-0.25, -0.2) is 4.79 Å². The number of carboxylic acids is 1. The van der Waals surface area contributed by atoms with Gasteiger partial charge in [0.25, 0.3) is 16.9 Å². The molecule has 0 saturated carbocycles. The Morgan fingerprint density at radius 2 is 2.19 bits per heavy atom. The first-order valence-corrected chi connectivity index (χ1v) is 12.1. The molecule has 32 heavy (non-hydrogen) atoms. The summed E-state index contributed by atoms with van der Waals surface area (Å²) in [6, 6.07) is 2.03. The summed E-state index contributed by atoms with van der Waals surface area (Å²) < 4.78 is 5.03. The Kier molecular flexibility index (Phi) is 7.79. The van der Waals surface area contributed by atoms with Crippen molar-refractivity contribution >= 4 is 73.8 Å². The van der Waals surface area contributed by atoms with Crippen LogP contribution in [0.3, 0.4) is 0 Å². The smallest absolute Gasteiger partial charge is 0.352 e. The molecule has 2 amide bonds. The summed E-state index contributed by atoms with van der Waals surface area (Å²) in [4.78, 5) is 66.5. The van der Waals surface area contributed by atoms with Gasteiger partial charge >= 0.3 is 5.97 Å². The summed E-state index contributed by atoms with van der Waals surface area (Å²) in [7, 11) is 1.17. The third-order valence-electron chi connectivity index (χ3n) is 4.42. The van der Waals surface area contributed by atoms with Gasteiger partial charge in [0, 0.05) is 11.5 Å². The van der Waals surface area contributed by atoms with E-state index in [1.54, 1.807) is 6.07 Å². The number of hydrogen-bond donors (Lipinski definition) is 2. The zero-order valence-corrected chi connectivity index (χ0v) is 19.6. The molecule has 2 atom stereocenters. The number of amides is 2. The van der Waals surface area contributed by atoms with E-state index in [4.69, 9.17) is 4.42 Å². The van der Waals surface area contributed by atoms with Crippen molar-refractivity contribution in [2.45, 2.75) is 11.4 Å². The van der Waals surface area contributed by atoms with E-state index in [9.17, 15) is 29.1 Å². The average Bonchev–Trinajstić information content (AvgIpc) is 3.33. The van der Waals surface area contributed by atoms with Gasteiger partial charge < -0.3 is 19.7 Å². The molecule has 0 aromatic carbocycles. The van der Waals surface area contributed by atoms with Gasteiger partial charge in [-0.2, -0.15) is 0 Å². The number of ketones is 1. The van der Waals surface area contributed by atoms with Crippen LogP contribution in [0.4, 0.5) is 0 Å². The predicted octanol–water partition coefficient (Wildman–Crippen LogP) is 0.858. The summed E-state index contributed by atoms with van der Waals surface area (Å²) in [6.07, 6.45) is 1.36. The molecule has 0 aliphatic carbocycles. The predicted molar refractivity (Wildman–Crippen MR) is 118 cm³/mol. The summed E-state index contributed by atoms with van der Waals surface area (Å²) in [5, 5.41) is 14.3. The standard InChI is InChI=1S/C18H16BrN3O8S2/c1-29-21-11(9(23)5-19)14(24)20-12-15(25)22-13(17(26)27)8(6-31-16(12)22)7-32-18(28)10-3-2-4-30-10/h2-4,12,16H,5-7H2,1H3,(H,20,24)(H,26,27)/t12?,16-/m0/s1. The molecule has 1 aromatic heterocycles. The first-order valence-electron chi connectivity index (χ1n) is 8.92. The molecule has 14 heteroatoms. The summed E-state index contributed by atoms with van der Waals surface area (Å²) >= 11 is 5.05. The Hall–Kier alpha value is -2.58. The van der Waals surface area contributed by atoms with E-state index < -0.39 is 40.7 Å². The van der Waals surface area contributed by atoms with E-state index in [2.05, 4.69) is 31.2 Å². The Bertz CT molecular complexity index is 1020. The quantitative estimate of drug-likeness (QED) is 0.150. The number of nitrogens with zero attached hydrogens (tertiary/aromatic N) is 2. The fraction of sp³-hybridized carbons (Fsp3) is 0.333. The number of carboxylic acid groups (broad SMARTS) is 1. The van der Waals surface area contributed by atoms with Crippen LogP contribution < -0.4 is 5.32 Å². The second-order valence-electron chi connectivity index (χ2n) is 6.35. The molecule has 11 nitrogen and oxygen atoms in total. The number of fused-ring (bicyclic) bond motifs is 1. The van der Waals surface area contributed by atoms with Gasteiger partial charge in [0.2, 0.25) is 11.5 Å². The minimum absolute atomic E-state index is 0.0616. The number of thioether (sulfide) groups is 2. The van der Waals surface area contributed by atoms with Gasteiger partial charge in [-0.05, 0) is 17.7 Å². The summed E-state index contributed by atoms with van der Waals surface area (Å²) in [5.74, 6) is -3.06. The van der Waals surface area contributed by atoms with Crippen molar-refractivity contribution in [3.63, 3.8) is 0 Å². The van der Waals surface area contributed by atoms with Crippen LogP contribution in [0.2, 0.25) is 0 Å². The third kappa shape index (κ3) is 4.76. The molecule has 3 heterocycles. The first-order chi connectivity index (χ1) is 15.3. The molecule has 3 rings (SSSR count). The van der Waals surface area contributed by atoms with Crippen LogP contribution in [-0.4, -0.2) is 79.8 Å². The maximum absolute atomic E-state index is 12.7. The minimum atomic E-state index is -1.31. The van der Waals surface area contributed by atoms with E-state index in [1.165, 1.54) is 31.2 Å². The lowest BCUT2D eigenvalue weighted by molar-refractivity contribution is -0.150. The Morgan fingerprint density at radius 3 is 2.78 bits per heavy atom. The second-order valence-corrected chi connectivity index (χ2v) is 8.96. The molecule has 0 radical (unpaired) electrons. The van der Waals surface area contributed by atoms with Gasteiger partial charge in [-0.15, -0.1) is 11.8 Å². The van der Waals surface area contributed by atoms with Crippen LogP contribution in [0.25, 0.3) is 0 Å². The number of nitrogens with one attached hydrogen (secondary N) is 1. The second kappa shape index (κ2) is 10.4. The van der Waals surface area contributed by atoms with Crippen molar-refractivity contribution in [3.05, 3.63) is 35.4 Å². The molecule has 1 aromatic rings. The maximum atomic E-state index is 12.7. The number of carbonyl (C=O) groups is 5. The molecule has 2 aliphatic heterocycles. The fourth-order valence-corrected chi connectivity index (χ4v) is 5.54. The van der Waals surface area contributed by atoms with E-state index in [0.717, 1.165) is 16.7 Å². The number of oxime groups is 1. The van der Waals surface area contributed by atoms with Crippen LogP contribution in [0.1, 0.15) is 10.6 Å². The molecule has 1 saturated heterocycles. The number of aliphatic carboxylic acids is 1. The number of hydrogen-bond acceptors (Lipinski definition) is 10. The van der Waals surface area contributed by atoms with Crippen LogP contribution in [0.15, 0.2) is 39.2 Å². The van der Waals surface area contributed by atoms with Gasteiger partial charge in [-0.3, -0.25) is 24.1 Å². The van der Waals surface area contributed by atoms with Crippen molar-refractivity contribution in [1.82, 2.24) is 10.2 Å². The molecule has 0 bridgehead atoms. The molecular weight excluding hydrogens is 530 g/mol. The van der Waals surface area contributed by atoms with Crippen LogP contribution in [0, 0.1) is 0 Å². The Morgan fingerprint density at radius 1 is 1.44 bits per heavy atom. The number of rotatable bonds is 9. The number of alkyl halides is 1. The SMILES string of the molecule is CON=C(C(=O)CBr)C(=O)NC1C(=O)N2C(C(=O)O)=C(CSC(=O)c3ccco3)CS[C@@H]12. The van der Waals surface area contributed by atoms with E-state index in [-0.39, 0.29) is 33.4 Å². The molecule has 2 aliphatic rings. The fourth-order valence-electron chi connectivity index (χ4n) is 3.00. The molecule has 1 fully saturated rings. The van der Waals surface area contributed by atoms with Crippen LogP contribution in [-0.2, 0) is 24.0 Å². The van der Waals surface area contributed by atoms with Crippen molar-refractivity contribution in [2.24, 2.45) is 5.16 Å². The number of β-lactam (4-membered cyclic amide) rings is 1. The Labute approximate surface area is 198 Å². The van der Waals surface area contributed by atoms with Crippen molar-refractivity contribution in [1.29, 1.82) is 0 Å². The zero-order valence-electron chi connectivity index (χ0n) is 16.4. The van der Waals surface area contributed by atoms with Crippen molar-refractivity contribution in [2.75, 3.05) is 23.9 Å². The highest BCUT2D eigenvalue weighted by Gasteiger charge is 2.54. The van der Waals surface area contributed by atoms with Gasteiger partial charge in [0.1, 0.15) is 24.2 Å². The number of carbonyl (C=O) groups excluding carboxylic acids is 4. The van der Waals surface area contributed by atoms with Gasteiger partial charge in [0.05, 0.1) is 11.6 Å². The van der Waals surface area contributed by atoms with Crippen molar-refractivity contribution in [3.8, 4) is 0 Å². The molecular formula is C18H16BrN3O8S2. The first kappa shape index (κ1) is 24.1. The van der Waals surface area contributed by atoms with Gasteiger partial charge in [0.15, 0.2) is 5.76 Å². The molecule has 2 N–H and O–H groups in total. The van der Waals surface area contributed by atoms with Gasteiger partial charge in [-0.1, -0.05) is 32.8 Å². The summed E-state index contributed by atoms with van der Waals surface area (Å²) in [6.45, 7) is 0. The Balaban J connectivity index is 1.73. The average molecular weight is 546 g/mol. The lowest BCUT2D eigenvalue weighted by atomic mass is 10.0. The topological polar surface area (TPSA) is 156 Å². The highest BCUT2D eigenvalue weighted by atomic mass is 79.9. The molecule has 1 unspecified atom stereocenters. The number of halogens is 1. The molecule has 170 valence electrons. The van der Waals surface area contributed by atoms with E-state index in [0.29, 0.717) is 5.57 Å². The van der Waals surface area contributed by atoms with Crippen LogP contribution >= 0.6 is 39.5 Å². The van der Waals surface area contributed by atoms with Crippen LogP contribution in [0.5, 0.6) is 0 Å². The summed E-state index contributed by atoms with van der Waals surface area (Å²) in [5.41, 5.74) is -0.330. The minimum Gasteiger partial charge on any atom is -0.477 e. The largest absolute Gasteiger partial charge is 0.477 e. The normalized spacial score (nSPS) is 20.4. The highest BCUT2D eigenvalue weighted by Crippen LogP contribution is 2.41. The van der Waals surface area contributed by atoms with Crippen molar-refractivity contribution < 1.29 is 38.3 Å². The number of furan rings is 1. The zero-order chi connectivity index (χ0) is 23.4. The van der Waals surface area contributed by atoms with E-state index >= 15 is 0 Å². The molecule has 0 spiro atoms. The monoisotopic (exact) mass is 545 g/mol. The third-order valence-corrected chi connectivity index (χ3v) is 7.22. The lowest BCUT2D eigenvalue weighted by Crippen LogP contribution is -2.71. The highest BCUT2D eigenvalue weighted by molar-refractivity contribution is 9.09.